The molecule has 0 unspecified atom stereocenters. The molecule has 0 bridgehead atoms. The van der Waals surface area contributed by atoms with Crippen LogP contribution in [0.3, 0.4) is 0 Å². The van der Waals surface area contributed by atoms with Gasteiger partial charge in [-0.05, 0) is 6.07 Å². The van der Waals surface area contributed by atoms with Crippen molar-refractivity contribution in [3.63, 3.8) is 0 Å². The Labute approximate surface area is 133 Å². The minimum atomic E-state index is -5.70. The molecule has 0 aliphatic heterocycles. The Balaban J connectivity index is 3.79. The van der Waals surface area contributed by atoms with E-state index in [0.717, 1.165) is 0 Å². The number of nitro groups is 1. The summed E-state index contributed by atoms with van der Waals surface area (Å²) >= 11 is 0. The van der Waals surface area contributed by atoms with Gasteiger partial charge in [0.1, 0.15) is 0 Å². The molecule has 1 aromatic carbocycles. The lowest BCUT2D eigenvalue weighted by molar-refractivity contribution is -0.384. The summed E-state index contributed by atoms with van der Waals surface area (Å²) in [5, 5.41) is 11.0. The van der Waals surface area contributed by atoms with Crippen molar-refractivity contribution < 1.29 is 45.6 Å². The van der Waals surface area contributed by atoms with E-state index in [-0.39, 0.29) is 12.1 Å². The number of alkyl halides is 6. The molecule has 0 radical (unpaired) electrons. The fourth-order valence-corrected chi connectivity index (χ4v) is 1.68. The van der Waals surface area contributed by atoms with Crippen LogP contribution in [0, 0.1) is 10.1 Å². The maximum Gasteiger partial charge on any atom is 0.472 e. The van der Waals surface area contributed by atoms with E-state index in [1.54, 1.807) is 0 Å². The fourth-order valence-electron chi connectivity index (χ4n) is 1.68. The van der Waals surface area contributed by atoms with E-state index in [4.69, 9.17) is 5.73 Å². The summed E-state index contributed by atoms with van der Waals surface area (Å²) in [5.41, 5.74) is -0.901. The number of halogens is 6. The monoisotopic (exact) mass is 375 g/mol. The van der Waals surface area contributed by atoms with E-state index in [2.05, 4.69) is 4.74 Å². The van der Waals surface area contributed by atoms with Crippen LogP contribution in [0.1, 0.15) is 5.56 Å². The van der Waals surface area contributed by atoms with Crippen molar-refractivity contribution >= 4 is 29.1 Å². The first-order valence-electron chi connectivity index (χ1n) is 5.86. The van der Waals surface area contributed by atoms with Crippen LogP contribution < -0.4 is 10.6 Å². The Kier molecular flexibility index (Phi) is 5.15. The van der Waals surface area contributed by atoms with Gasteiger partial charge < -0.3 is 10.5 Å². The number of hydrogen-bond donors (Lipinski definition) is 1. The molecule has 0 spiro atoms. The second-order valence-electron chi connectivity index (χ2n) is 4.30. The van der Waals surface area contributed by atoms with Crippen molar-refractivity contribution in [2.75, 3.05) is 17.7 Å². The molecule has 8 nitrogen and oxygen atoms in total. The zero-order valence-electron chi connectivity index (χ0n) is 11.9. The van der Waals surface area contributed by atoms with Crippen molar-refractivity contribution in [2.45, 2.75) is 12.4 Å². The van der Waals surface area contributed by atoms with Gasteiger partial charge in [-0.1, -0.05) is 0 Å². The number of carbonyl (C=O) groups excluding carboxylic acids is 2. The second-order valence-corrected chi connectivity index (χ2v) is 4.30. The topological polar surface area (TPSA) is 116 Å². The molecule has 0 saturated carbocycles. The maximum absolute atomic E-state index is 12.7. The highest BCUT2D eigenvalue weighted by Gasteiger charge is 2.49. The number of carbonyl (C=O) groups is 2. The van der Waals surface area contributed by atoms with Crippen LogP contribution in [0.25, 0.3) is 0 Å². The molecule has 25 heavy (non-hydrogen) atoms. The van der Waals surface area contributed by atoms with Crippen LogP contribution >= 0.6 is 0 Å². The predicted molar refractivity (Wildman–Crippen MR) is 68.5 cm³/mol. The third-order valence-electron chi connectivity index (χ3n) is 2.67. The van der Waals surface area contributed by atoms with Crippen LogP contribution in [0.15, 0.2) is 12.1 Å². The maximum atomic E-state index is 12.7. The second kappa shape index (κ2) is 6.45. The number of nitrogens with two attached hydrogens (primary N) is 1. The summed E-state index contributed by atoms with van der Waals surface area (Å²) in [4.78, 5) is 31.4. The molecule has 2 N–H and O–H groups in total. The first kappa shape index (κ1) is 20.0. The van der Waals surface area contributed by atoms with Gasteiger partial charge in [-0.2, -0.15) is 31.2 Å². The molecule has 14 heteroatoms. The number of ether oxygens (including phenoxy) is 1. The number of nitro benzene ring substituents is 1. The van der Waals surface area contributed by atoms with Gasteiger partial charge in [0, 0.05) is 6.07 Å². The lowest BCUT2D eigenvalue weighted by Gasteiger charge is -2.22. The summed E-state index contributed by atoms with van der Waals surface area (Å²) < 4.78 is 79.9. The smallest absolute Gasteiger partial charge is 0.452 e. The van der Waals surface area contributed by atoms with E-state index in [1.165, 1.54) is 0 Å². The minimum absolute atomic E-state index is 0.0436. The molecule has 138 valence electrons. The van der Waals surface area contributed by atoms with Crippen LogP contribution in [-0.2, 0) is 15.7 Å². The van der Waals surface area contributed by atoms with Gasteiger partial charge in [-0.25, -0.2) is 4.79 Å². The molecule has 0 aliphatic carbocycles. The number of nitrogens with zero attached hydrogens (tertiary/aromatic N) is 2. The first-order chi connectivity index (χ1) is 11.2. The number of methoxy groups -OCH3 is 1. The highest BCUT2D eigenvalue weighted by Crippen LogP contribution is 2.42. The van der Waals surface area contributed by atoms with E-state index in [0.29, 0.717) is 7.11 Å². The summed E-state index contributed by atoms with van der Waals surface area (Å²) in [7, 11) is 0.547. The van der Waals surface area contributed by atoms with Gasteiger partial charge in [-0.3, -0.25) is 14.9 Å². The van der Waals surface area contributed by atoms with Crippen LogP contribution in [0.2, 0.25) is 0 Å². The summed E-state index contributed by atoms with van der Waals surface area (Å²) in [5.74, 6) is -2.94. The molecule has 1 rings (SSSR count). The molecule has 0 saturated heterocycles. The Bertz CT molecular complexity index is 730. The van der Waals surface area contributed by atoms with Gasteiger partial charge in [0.05, 0.1) is 23.3 Å². The van der Waals surface area contributed by atoms with E-state index < -0.39 is 56.8 Å². The number of nitrogen functional groups attached to an aromatic ring is 1. The quantitative estimate of drug-likeness (QED) is 0.368. The van der Waals surface area contributed by atoms with E-state index >= 15 is 0 Å². The van der Waals surface area contributed by atoms with Crippen molar-refractivity contribution in [2.24, 2.45) is 0 Å². The summed E-state index contributed by atoms with van der Waals surface area (Å²) in [6.45, 7) is 0. The number of amides is 2. The third-order valence-corrected chi connectivity index (χ3v) is 2.67. The number of hydrogen-bond acceptors (Lipinski definition) is 6. The van der Waals surface area contributed by atoms with Crippen molar-refractivity contribution in [1.82, 2.24) is 0 Å². The predicted octanol–water partition coefficient (Wildman–Crippen LogP) is 2.86. The zero-order valence-corrected chi connectivity index (χ0v) is 11.9. The fraction of sp³-hybridized carbons (Fsp3) is 0.273. The highest BCUT2D eigenvalue weighted by atomic mass is 19.4. The molecule has 2 amide bonds. The Hall–Kier alpha value is -3.06. The van der Waals surface area contributed by atoms with Crippen molar-refractivity contribution in [1.29, 1.82) is 0 Å². The molecule has 0 atom stereocenters. The molecule has 0 heterocycles. The Morgan fingerprint density at radius 3 is 2.08 bits per heavy atom. The normalized spacial score (nSPS) is 11.8. The van der Waals surface area contributed by atoms with Gasteiger partial charge in [0.25, 0.3) is 5.69 Å². The minimum Gasteiger partial charge on any atom is -0.452 e. The largest absolute Gasteiger partial charge is 0.472 e. The summed E-state index contributed by atoms with van der Waals surface area (Å²) in [6, 6.07) is -0.118. The van der Waals surface area contributed by atoms with Crippen LogP contribution in [0.4, 0.5) is 48.2 Å². The molecule has 0 fully saturated rings. The molecular weight excluding hydrogens is 368 g/mol. The Morgan fingerprint density at radius 1 is 1.20 bits per heavy atom. The van der Waals surface area contributed by atoms with Crippen LogP contribution in [-0.4, -0.2) is 30.2 Å². The van der Waals surface area contributed by atoms with E-state index in [1.807, 2.05) is 0 Å². The lowest BCUT2D eigenvalue weighted by Crippen LogP contribution is -2.45. The first-order valence-corrected chi connectivity index (χ1v) is 5.86. The van der Waals surface area contributed by atoms with Gasteiger partial charge in [-0.15, -0.1) is 0 Å². The van der Waals surface area contributed by atoms with E-state index in [9.17, 15) is 46.0 Å². The number of rotatable bonds is 2. The average Bonchev–Trinajstić information content (AvgIpc) is 2.45. The molecule has 0 aliphatic rings. The number of anilines is 2. The van der Waals surface area contributed by atoms with Gasteiger partial charge in [0.2, 0.25) is 0 Å². The molecular formula is C11H7F6N3O5. The van der Waals surface area contributed by atoms with Gasteiger partial charge >= 0.3 is 24.4 Å². The average molecular weight is 375 g/mol. The molecule has 0 aromatic heterocycles. The SMILES string of the molecule is COC(=O)N(C(=O)C(F)(F)F)c1c(N)cc(C(F)(F)F)cc1[N+](=O)[O-]. The standard InChI is InChI=1S/C11H7F6N3O5/c1-25-9(22)19(8(21)11(15,16)17)7-5(18)2-4(10(12,13)14)3-6(7)20(23)24/h2-3H,18H2,1H3. The lowest BCUT2D eigenvalue weighted by atomic mass is 10.1. The highest BCUT2D eigenvalue weighted by molar-refractivity contribution is 6.17. The summed E-state index contributed by atoms with van der Waals surface area (Å²) in [6.07, 6.45) is -12.9. The van der Waals surface area contributed by atoms with Crippen molar-refractivity contribution in [3.05, 3.63) is 27.8 Å². The van der Waals surface area contributed by atoms with Crippen molar-refractivity contribution in [3.8, 4) is 0 Å². The number of benzene rings is 1. The Morgan fingerprint density at radius 2 is 1.72 bits per heavy atom. The molecule has 1 aromatic rings. The van der Waals surface area contributed by atoms with Crippen LogP contribution in [0.5, 0.6) is 0 Å². The number of imide groups is 1. The van der Waals surface area contributed by atoms with Gasteiger partial charge in [0.15, 0.2) is 5.69 Å². The zero-order chi connectivity index (χ0) is 19.7. The third kappa shape index (κ3) is 4.07.